The average molecular weight is 419 g/mol. The normalized spacial score (nSPS) is 22.1. The summed E-state index contributed by atoms with van der Waals surface area (Å²) in [5.41, 5.74) is 1.71. The first-order chi connectivity index (χ1) is 15.2. The SMILES string of the molecule is CCCC[C@H]1CCN(C2CCC2)C[C@H]1C(=O)c1ccc2c(CC#N)c(OC)ccc2c1. The van der Waals surface area contributed by atoms with E-state index in [0.29, 0.717) is 24.2 Å². The van der Waals surface area contributed by atoms with E-state index in [9.17, 15) is 10.1 Å². The van der Waals surface area contributed by atoms with Crippen molar-refractivity contribution in [3.8, 4) is 11.8 Å². The first kappa shape index (κ1) is 21.8. The van der Waals surface area contributed by atoms with Gasteiger partial charge in [-0.3, -0.25) is 9.69 Å². The van der Waals surface area contributed by atoms with Gasteiger partial charge in [0.05, 0.1) is 19.6 Å². The molecule has 4 nitrogen and oxygen atoms in total. The lowest BCUT2D eigenvalue weighted by molar-refractivity contribution is 0.0387. The number of carbonyl (C=O) groups excluding carboxylic acids is 1. The Kier molecular flexibility index (Phi) is 6.92. The number of piperidine rings is 1. The van der Waals surface area contributed by atoms with Crippen molar-refractivity contribution in [3.63, 3.8) is 0 Å². The largest absolute Gasteiger partial charge is 0.496 e. The van der Waals surface area contributed by atoms with E-state index in [2.05, 4.69) is 17.9 Å². The van der Waals surface area contributed by atoms with Gasteiger partial charge >= 0.3 is 0 Å². The molecular formula is C27H34N2O2. The fraction of sp³-hybridized carbons (Fsp3) is 0.556. The van der Waals surface area contributed by atoms with E-state index in [1.54, 1.807) is 7.11 Å². The van der Waals surface area contributed by atoms with Gasteiger partial charge < -0.3 is 4.74 Å². The molecule has 4 rings (SSSR count). The van der Waals surface area contributed by atoms with E-state index < -0.39 is 0 Å². The molecule has 0 bridgehead atoms. The molecule has 2 aromatic rings. The monoisotopic (exact) mass is 418 g/mol. The minimum atomic E-state index is 0.0928. The molecule has 1 aliphatic carbocycles. The quantitative estimate of drug-likeness (QED) is 0.510. The van der Waals surface area contributed by atoms with Crippen LogP contribution in [0.2, 0.25) is 0 Å². The van der Waals surface area contributed by atoms with Crippen LogP contribution < -0.4 is 4.74 Å². The molecule has 0 spiro atoms. The summed E-state index contributed by atoms with van der Waals surface area (Å²) in [5.74, 6) is 1.61. The van der Waals surface area contributed by atoms with Crippen LogP contribution in [0.3, 0.4) is 0 Å². The molecule has 164 valence electrons. The van der Waals surface area contributed by atoms with Crippen LogP contribution in [0.25, 0.3) is 10.8 Å². The summed E-state index contributed by atoms with van der Waals surface area (Å²) in [7, 11) is 1.63. The summed E-state index contributed by atoms with van der Waals surface area (Å²) in [6.07, 6.45) is 8.90. The highest BCUT2D eigenvalue weighted by atomic mass is 16.5. The summed E-state index contributed by atoms with van der Waals surface area (Å²) >= 11 is 0. The van der Waals surface area contributed by atoms with Crippen LogP contribution in [-0.4, -0.2) is 36.9 Å². The van der Waals surface area contributed by atoms with Crippen LogP contribution in [-0.2, 0) is 6.42 Å². The van der Waals surface area contributed by atoms with Crippen LogP contribution in [0.15, 0.2) is 30.3 Å². The van der Waals surface area contributed by atoms with E-state index in [-0.39, 0.29) is 5.92 Å². The third-order valence-corrected chi connectivity index (χ3v) is 7.49. The highest BCUT2D eigenvalue weighted by molar-refractivity contribution is 6.02. The molecule has 1 heterocycles. The molecule has 0 N–H and O–H groups in total. The predicted octanol–water partition coefficient (Wildman–Crippen LogP) is 5.78. The van der Waals surface area contributed by atoms with Crippen molar-refractivity contribution in [1.29, 1.82) is 5.26 Å². The van der Waals surface area contributed by atoms with Crippen molar-refractivity contribution in [2.75, 3.05) is 20.2 Å². The summed E-state index contributed by atoms with van der Waals surface area (Å²) in [4.78, 5) is 16.3. The van der Waals surface area contributed by atoms with Crippen molar-refractivity contribution in [1.82, 2.24) is 4.90 Å². The maximum absolute atomic E-state index is 13.7. The second kappa shape index (κ2) is 9.83. The zero-order valence-electron chi connectivity index (χ0n) is 18.9. The van der Waals surface area contributed by atoms with Crippen LogP contribution in [0.5, 0.6) is 5.75 Å². The lowest BCUT2D eigenvalue weighted by atomic mass is 9.76. The van der Waals surface area contributed by atoms with Gasteiger partial charge in [0.2, 0.25) is 0 Å². The third-order valence-electron chi connectivity index (χ3n) is 7.49. The Morgan fingerprint density at radius 3 is 2.74 bits per heavy atom. The summed E-state index contributed by atoms with van der Waals surface area (Å²) < 4.78 is 5.46. The van der Waals surface area contributed by atoms with Crippen LogP contribution in [0, 0.1) is 23.2 Å². The van der Waals surface area contributed by atoms with Gasteiger partial charge in [-0.05, 0) is 61.1 Å². The Hall–Kier alpha value is -2.38. The second-order valence-corrected chi connectivity index (χ2v) is 9.26. The van der Waals surface area contributed by atoms with E-state index in [1.807, 2.05) is 30.3 Å². The summed E-state index contributed by atoms with van der Waals surface area (Å²) in [6, 6.07) is 12.8. The summed E-state index contributed by atoms with van der Waals surface area (Å²) in [6.45, 7) is 4.30. The first-order valence-corrected chi connectivity index (χ1v) is 11.9. The molecular weight excluding hydrogens is 384 g/mol. The smallest absolute Gasteiger partial charge is 0.167 e. The molecule has 0 amide bonds. The number of methoxy groups -OCH3 is 1. The number of unbranched alkanes of at least 4 members (excludes halogenated alkanes) is 1. The molecule has 1 saturated heterocycles. The van der Waals surface area contributed by atoms with E-state index in [4.69, 9.17) is 4.74 Å². The number of nitrogens with zero attached hydrogens (tertiary/aromatic N) is 2. The minimum Gasteiger partial charge on any atom is -0.496 e. The van der Waals surface area contributed by atoms with Crippen LogP contribution in [0.4, 0.5) is 0 Å². The molecule has 0 aromatic heterocycles. The van der Waals surface area contributed by atoms with Gasteiger partial charge in [0.1, 0.15) is 5.75 Å². The molecule has 31 heavy (non-hydrogen) atoms. The maximum Gasteiger partial charge on any atom is 0.167 e. The third kappa shape index (κ3) is 4.48. The average Bonchev–Trinajstić information content (AvgIpc) is 2.76. The number of fused-ring (bicyclic) bond motifs is 1. The molecule has 1 aliphatic heterocycles. The Balaban J connectivity index is 1.62. The molecule has 4 heteroatoms. The summed E-state index contributed by atoms with van der Waals surface area (Å²) in [5, 5.41) is 11.3. The number of nitriles is 1. The first-order valence-electron chi connectivity index (χ1n) is 11.9. The van der Waals surface area contributed by atoms with Gasteiger partial charge in [-0.25, -0.2) is 0 Å². The van der Waals surface area contributed by atoms with Gasteiger partial charge in [-0.1, -0.05) is 44.4 Å². The zero-order chi connectivity index (χ0) is 21.8. The molecule has 2 atom stereocenters. The number of ketones is 1. The topological polar surface area (TPSA) is 53.3 Å². The van der Waals surface area contributed by atoms with Crippen molar-refractivity contribution < 1.29 is 9.53 Å². The predicted molar refractivity (Wildman–Crippen MR) is 124 cm³/mol. The number of ether oxygens (including phenoxy) is 1. The van der Waals surface area contributed by atoms with Gasteiger partial charge in [0, 0.05) is 29.6 Å². The Labute approximate surface area is 186 Å². The Bertz CT molecular complexity index is 973. The van der Waals surface area contributed by atoms with Gasteiger partial charge in [-0.15, -0.1) is 0 Å². The van der Waals surface area contributed by atoms with Crippen LogP contribution in [0.1, 0.15) is 67.8 Å². The number of likely N-dealkylation sites (tertiary alicyclic amines) is 1. The lowest BCUT2D eigenvalue weighted by Gasteiger charge is -2.45. The van der Waals surface area contributed by atoms with Crippen LogP contribution >= 0.6 is 0 Å². The number of hydrogen-bond acceptors (Lipinski definition) is 4. The highest BCUT2D eigenvalue weighted by Gasteiger charge is 2.37. The highest BCUT2D eigenvalue weighted by Crippen LogP contribution is 2.36. The van der Waals surface area contributed by atoms with E-state index in [1.165, 1.54) is 32.1 Å². The second-order valence-electron chi connectivity index (χ2n) is 9.26. The van der Waals surface area contributed by atoms with Crippen molar-refractivity contribution in [2.45, 2.75) is 64.3 Å². The van der Waals surface area contributed by atoms with Crippen molar-refractivity contribution in [2.24, 2.45) is 11.8 Å². The molecule has 2 fully saturated rings. The number of rotatable bonds is 8. The molecule has 0 radical (unpaired) electrons. The van der Waals surface area contributed by atoms with Gasteiger partial charge in [0.25, 0.3) is 0 Å². The molecule has 0 unspecified atom stereocenters. The van der Waals surface area contributed by atoms with Crippen molar-refractivity contribution in [3.05, 3.63) is 41.5 Å². The van der Waals surface area contributed by atoms with Crippen molar-refractivity contribution >= 4 is 16.6 Å². The zero-order valence-corrected chi connectivity index (χ0v) is 18.9. The fourth-order valence-corrected chi connectivity index (χ4v) is 5.41. The number of benzene rings is 2. The van der Waals surface area contributed by atoms with E-state index in [0.717, 1.165) is 53.6 Å². The molecule has 2 aliphatic rings. The van der Waals surface area contributed by atoms with Gasteiger partial charge in [-0.2, -0.15) is 5.26 Å². The Morgan fingerprint density at radius 2 is 2.06 bits per heavy atom. The van der Waals surface area contributed by atoms with E-state index >= 15 is 0 Å². The maximum atomic E-state index is 13.7. The Morgan fingerprint density at radius 1 is 1.23 bits per heavy atom. The minimum absolute atomic E-state index is 0.0928. The number of carbonyl (C=O) groups is 1. The van der Waals surface area contributed by atoms with Gasteiger partial charge in [0.15, 0.2) is 5.78 Å². The molecule has 2 aromatic carbocycles. The number of Topliss-reactive ketones (excluding diaryl/α,β-unsaturated/α-hetero) is 1. The fourth-order valence-electron chi connectivity index (χ4n) is 5.41. The molecule has 1 saturated carbocycles. The lowest BCUT2D eigenvalue weighted by Crippen LogP contribution is -2.50. The standard InChI is InChI=1S/C27H34N2O2/c1-3-4-6-19-14-16-29(22-7-5-8-22)18-25(19)27(30)21-9-11-23-20(17-21)10-12-26(31-2)24(23)13-15-28/h9-12,17,19,22,25H,3-8,13-14,16,18H2,1-2H3/t19-,25+/m0/s1. The number of hydrogen-bond donors (Lipinski definition) is 0.